The van der Waals surface area contributed by atoms with Crippen LogP contribution in [0.2, 0.25) is 0 Å². The second-order valence-electron chi connectivity index (χ2n) is 7.11. The van der Waals surface area contributed by atoms with E-state index < -0.39 is 78.7 Å². The number of nitrogens with one attached hydrogen (secondary N) is 3. The molecule has 0 aliphatic carbocycles. The van der Waals surface area contributed by atoms with Gasteiger partial charge >= 0.3 is 17.9 Å². The summed E-state index contributed by atoms with van der Waals surface area (Å²) in [6, 6.07) is -5.84. The lowest BCUT2D eigenvalue weighted by molar-refractivity contribution is -0.143. The summed E-state index contributed by atoms with van der Waals surface area (Å²) >= 11 is 1.33. The number of rotatable bonds is 16. The fraction of sp³-hybridized carbons (Fsp3) is 0.667. The van der Waals surface area contributed by atoms with Crippen molar-refractivity contribution in [2.45, 2.75) is 62.9 Å². The number of carbonyl (C=O) groups excluding carboxylic acids is 3. The normalized spacial score (nSPS) is 15.3. The molecule has 0 fully saturated rings. The van der Waals surface area contributed by atoms with Crippen LogP contribution in [0.15, 0.2) is 0 Å². The van der Waals surface area contributed by atoms with Gasteiger partial charge in [-0.3, -0.25) is 24.0 Å². The number of aliphatic carboxylic acids is 3. The van der Waals surface area contributed by atoms with Gasteiger partial charge in [0.2, 0.25) is 17.7 Å². The van der Waals surface area contributed by atoms with Gasteiger partial charge in [-0.05, 0) is 31.8 Å². The maximum absolute atomic E-state index is 12.7. The van der Waals surface area contributed by atoms with Crippen LogP contribution in [0, 0.1) is 0 Å². The molecule has 5 unspecified atom stereocenters. The Balaban J connectivity index is 5.40. The third-order valence-corrected chi connectivity index (χ3v) is 4.94. The molecule has 3 amide bonds. The van der Waals surface area contributed by atoms with Crippen LogP contribution in [-0.2, 0) is 28.8 Å². The first-order valence-electron chi connectivity index (χ1n) is 9.80. The molecule has 9 N–H and O–H groups in total. The summed E-state index contributed by atoms with van der Waals surface area (Å²) in [5.41, 5.74) is 5.44. The number of hydrogen-bond donors (Lipinski definition) is 8. The number of carbonyl (C=O) groups is 6. The number of carboxylic acid groups (broad SMARTS) is 3. The highest BCUT2D eigenvalue weighted by Gasteiger charge is 2.32. The molecular weight excluding hydrogens is 464 g/mol. The molecule has 0 aromatic heterocycles. The van der Waals surface area contributed by atoms with Crippen molar-refractivity contribution >= 4 is 47.4 Å². The minimum atomic E-state index is -1.58. The van der Waals surface area contributed by atoms with Gasteiger partial charge in [-0.15, -0.1) is 0 Å². The number of amides is 3. The van der Waals surface area contributed by atoms with Gasteiger partial charge in [0.05, 0.1) is 18.6 Å². The third-order valence-electron chi connectivity index (χ3n) is 4.30. The minimum Gasteiger partial charge on any atom is -0.481 e. The summed E-state index contributed by atoms with van der Waals surface area (Å²) in [5, 5.41) is 43.2. The van der Waals surface area contributed by atoms with Crippen molar-refractivity contribution in [3.63, 3.8) is 0 Å². The van der Waals surface area contributed by atoms with E-state index in [1.54, 1.807) is 6.26 Å². The first kappa shape index (κ1) is 30.1. The van der Waals surface area contributed by atoms with E-state index in [0.29, 0.717) is 5.75 Å². The van der Waals surface area contributed by atoms with Crippen molar-refractivity contribution in [2.24, 2.45) is 5.73 Å². The molecule has 0 rings (SSSR count). The zero-order valence-corrected chi connectivity index (χ0v) is 19.0. The monoisotopic (exact) mass is 494 g/mol. The number of nitrogens with two attached hydrogens (primary N) is 1. The van der Waals surface area contributed by atoms with Gasteiger partial charge in [0.15, 0.2) is 0 Å². The molecule has 0 aromatic carbocycles. The van der Waals surface area contributed by atoms with Crippen LogP contribution in [0.3, 0.4) is 0 Å². The molecule has 0 aliphatic rings. The summed E-state index contributed by atoms with van der Waals surface area (Å²) in [5.74, 6) is -6.57. The lowest BCUT2D eigenvalue weighted by atomic mass is 10.1. The molecule has 0 radical (unpaired) electrons. The van der Waals surface area contributed by atoms with E-state index in [1.165, 1.54) is 18.7 Å². The number of aliphatic hydroxyl groups is 1. The van der Waals surface area contributed by atoms with Crippen molar-refractivity contribution in [1.82, 2.24) is 16.0 Å². The lowest BCUT2D eigenvalue weighted by Crippen LogP contribution is -2.60. The SMILES string of the molecule is CSCCC(NC(=O)C(NC(=O)C(N)CC(=O)O)C(C)O)C(=O)NC(CCC(=O)O)C(=O)O. The van der Waals surface area contributed by atoms with Crippen LogP contribution in [0.1, 0.15) is 32.6 Å². The van der Waals surface area contributed by atoms with Crippen molar-refractivity contribution in [3.8, 4) is 0 Å². The van der Waals surface area contributed by atoms with Gasteiger partial charge in [0.25, 0.3) is 0 Å². The molecule has 0 spiro atoms. The molecule has 14 nitrogen and oxygen atoms in total. The van der Waals surface area contributed by atoms with E-state index in [4.69, 9.17) is 15.9 Å². The van der Waals surface area contributed by atoms with Crippen LogP contribution in [-0.4, -0.2) is 98.3 Å². The molecule has 0 saturated carbocycles. The summed E-state index contributed by atoms with van der Waals surface area (Å²) in [4.78, 5) is 70.0. The van der Waals surface area contributed by atoms with E-state index in [-0.39, 0.29) is 12.8 Å². The summed E-state index contributed by atoms with van der Waals surface area (Å²) in [6.07, 6.45) is -1.27. The van der Waals surface area contributed by atoms with Crippen LogP contribution >= 0.6 is 11.8 Å². The molecule has 0 aromatic rings. The number of hydrogen-bond acceptors (Lipinski definition) is 9. The van der Waals surface area contributed by atoms with E-state index in [0.717, 1.165) is 0 Å². The summed E-state index contributed by atoms with van der Waals surface area (Å²) in [7, 11) is 0. The van der Waals surface area contributed by atoms with E-state index in [2.05, 4.69) is 16.0 Å². The minimum absolute atomic E-state index is 0.0585. The lowest BCUT2D eigenvalue weighted by Gasteiger charge is -2.26. The van der Waals surface area contributed by atoms with Crippen LogP contribution in [0.5, 0.6) is 0 Å². The molecule has 15 heteroatoms. The van der Waals surface area contributed by atoms with Crippen molar-refractivity contribution < 1.29 is 49.2 Å². The molecule has 0 bridgehead atoms. The highest BCUT2D eigenvalue weighted by Crippen LogP contribution is 2.06. The standard InChI is InChI=1S/C18H30N4O10S/c1-8(23)14(22-15(28)9(19)7-13(26)27)17(30)20-10(5-6-33-2)16(29)21-11(18(31)32)3-4-12(24)25/h8-11,14,23H,3-7,19H2,1-2H3,(H,20,30)(H,21,29)(H,22,28)(H,24,25)(H,26,27)(H,31,32). The van der Waals surface area contributed by atoms with Crippen molar-refractivity contribution in [3.05, 3.63) is 0 Å². The summed E-state index contributed by atoms with van der Waals surface area (Å²) < 4.78 is 0. The van der Waals surface area contributed by atoms with E-state index in [1.807, 2.05) is 0 Å². The Kier molecular flexibility index (Phi) is 13.7. The Labute approximate surface area is 193 Å². The topological polar surface area (TPSA) is 245 Å². The first-order valence-corrected chi connectivity index (χ1v) is 11.2. The predicted molar refractivity (Wildman–Crippen MR) is 115 cm³/mol. The van der Waals surface area contributed by atoms with E-state index >= 15 is 0 Å². The first-order chi connectivity index (χ1) is 15.3. The van der Waals surface area contributed by atoms with Crippen molar-refractivity contribution in [2.75, 3.05) is 12.0 Å². The quantitative estimate of drug-likeness (QED) is 0.109. The summed E-state index contributed by atoms with van der Waals surface area (Å²) in [6.45, 7) is 1.18. The maximum Gasteiger partial charge on any atom is 0.326 e. The van der Waals surface area contributed by atoms with Crippen LogP contribution in [0.25, 0.3) is 0 Å². The van der Waals surface area contributed by atoms with Gasteiger partial charge in [0, 0.05) is 6.42 Å². The van der Waals surface area contributed by atoms with Crippen LogP contribution in [0.4, 0.5) is 0 Å². The van der Waals surface area contributed by atoms with Gasteiger partial charge < -0.3 is 42.1 Å². The van der Waals surface area contributed by atoms with Crippen LogP contribution < -0.4 is 21.7 Å². The fourth-order valence-electron chi connectivity index (χ4n) is 2.51. The number of thioether (sulfide) groups is 1. The molecule has 5 atom stereocenters. The van der Waals surface area contributed by atoms with Gasteiger partial charge in [-0.2, -0.15) is 11.8 Å². The van der Waals surface area contributed by atoms with E-state index in [9.17, 15) is 39.0 Å². The zero-order chi connectivity index (χ0) is 25.7. The van der Waals surface area contributed by atoms with Gasteiger partial charge in [-0.1, -0.05) is 0 Å². The highest BCUT2D eigenvalue weighted by molar-refractivity contribution is 7.98. The maximum atomic E-state index is 12.7. The predicted octanol–water partition coefficient (Wildman–Crippen LogP) is -2.67. The Bertz CT molecular complexity index is 733. The van der Waals surface area contributed by atoms with Gasteiger partial charge in [0.1, 0.15) is 18.1 Å². The Morgan fingerprint density at radius 3 is 1.88 bits per heavy atom. The average molecular weight is 495 g/mol. The number of carboxylic acids is 3. The molecule has 0 heterocycles. The largest absolute Gasteiger partial charge is 0.481 e. The molecule has 33 heavy (non-hydrogen) atoms. The fourth-order valence-corrected chi connectivity index (χ4v) is 2.98. The average Bonchev–Trinajstić information content (AvgIpc) is 2.70. The molecule has 188 valence electrons. The Morgan fingerprint density at radius 1 is 0.848 bits per heavy atom. The Hall–Kier alpha value is -2.91. The third kappa shape index (κ3) is 12.1. The Morgan fingerprint density at radius 2 is 1.42 bits per heavy atom. The van der Waals surface area contributed by atoms with Crippen molar-refractivity contribution in [1.29, 1.82) is 0 Å². The molecule has 0 aliphatic heterocycles. The zero-order valence-electron chi connectivity index (χ0n) is 18.1. The van der Waals surface area contributed by atoms with Gasteiger partial charge in [-0.25, -0.2) is 4.79 Å². The smallest absolute Gasteiger partial charge is 0.326 e. The molecule has 0 saturated heterocycles. The number of aliphatic hydroxyl groups excluding tert-OH is 1. The second-order valence-corrected chi connectivity index (χ2v) is 8.09. The highest BCUT2D eigenvalue weighted by atomic mass is 32.2. The second kappa shape index (κ2) is 15.0. The molecular formula is C18H30N4O10S.